The molecule has 0 bridgehead atoms. The molecule has 0 radical (unpaired) electrons. The second-order valence-corrected chi connectivity index (χ2v) is 8.05. The number of carbonyl (C=O) groups is 2. The first kappa shape index (κ1) is 24.6. The van der Waals surface area contributed by atoms with E-state index in [1.165, 1.54) is 0 Å². The second-order valence-electron chi connectivity index (χ2n) is 8.05. The van der Waals surface area contributed by atoms with Gasteiger partial charge < -0.3 is 24.6 Å². The maximum atomic E-state index is 13.8. The highest BCUT2D eigenvalue weighted by atomic mass is 19.4. The molecule has 1 aromatic carbocycles. The minimum absolute atomic E-state index is 0.0312. The Morgan fingerprint density at radius 2 is 1.80 bits per heavy atom. The fourth-order valence-electron chi connectivity index (χ4n) is 4.27. The third-order valence-corrected chi connectivity index (χ3v) is 5.85. The number of aromatic nitrogens is 1. The molecule has 188 valence electrons. The van der Waals surface area contributed by atoms with E-state index in [1.807, 2.05) is 0 Å². The average Bonchev–Trinajstić information content (AvgIpc) is 2.76. The molecular formula is C21H17F6N3O5. The Hall–Kier alpha value is -3.55. The number of rotatable bonds is 4. The van der Waals surface area contributed by atoms with Gasteiger partial charge in [0.25, 0.3) is 11.8 Å². The number of benzene rings is 1. The molecule has 3 heterocycles. The van der Waals surface area contributed by atoms with E-state index < -0.39 is 88.6 Å². The van der Waals surface area contributed by atoms with Crippen LogP contribution in [0.2, 0.25) is 0 Å². The molecule has 1 unspecified atom stereocenters. The van der Waals surface area contributed by atoms with Gasteiger partial charge >= 0.3 is 6.18 Å². The molecule has 4 rings (SSSR count). The summed E-state index contributed by atoms with van der Waals surface area (Å²) >= 11 is 0. The molecule has 2 aliphatic rings. The Balaban J connectivity index is 1.70. The van der Waals surface area contributed by atoms with Crippen LogP contribution in [0, 0.1) is 17.5 Å². The Morgan fingerprint density at radius 3 is 2.43 bits per heavy atom. The van der Waals surface area contributed by atoms with E-state index in [-0.39, 0.29) is 19.6 Å². The van der Waals surface area contributed by atoms with Crippen LogP contribution in [0.5, 0.6) is 5.75 Å². The molecule has 2 amide bonds. The number of amides is 2. The molecule has 1 fully saturated rings. The molecule has 8 nitrogen and oxygen atoms in total. The zero-order valence-corrected chi connectivity index (χ0v) is 17.7. The first-order chi connectivity index (χ1) is 16.4. The Morgan fingerprint density at radius 1 is 1.14 bits per heavy atom. The Labute approximate surface area is 192 Å². The van der Waals surface area contributed by atoms with E-state index >= 15 is 0 Å². The predicted octanol–water partition coefficient (Wildman–Crippen LogP) is 2.25. The number of carbonyl (C=O) groups excluding carboxylic acids is 2. The quantitative estimate of drug-likeness (QED) is 0.621. The van der Waals surface area contributed by atoms with Gasteiger partial charge in [0.2, 0.25) is 5.43 Å². The number of ether oxygens (including phenoxy) is 1. The highest BCUT2D eigenvalue weighted by Crippen LogP contribution is 2.36. The minimum Gasteiger partial charge on any atom is -0.503 e. The van der Waals surface area contributed by atoms with Gasteiger partial charge in [-0.25, -0.2) is 13.2 Å². The van der Waals surface area contributed by atoms with E-state index in [2.05, 4.69) is 5.32 Å². The SMILES string of the molecule is O=C(NCc1c(F)cc(F)cc1F)c1cn2c(c(O)c1=O)C(=O)N(CC(F)(F)F)[C@@H]1CCOCC12. The van der Waals surface area contributed by atoms with Crippen molar-refractivity contribution in [2.75, 3.05) is 19.8 Å². The predicted molar refractivity (Wildman–Crippen MR) is 105 cm³/mol. The van der Waals surface area contributed by atoms with Crippen molar-refractivity contribution in [1.29, 1.82) is 0 Å². The normalized spacial score (nSPS) is 19.8. The molecule has 35 heavy (non-hydrogen) atoms. The highest BCUT2D eigenvalue weighted by molar-refractivity contribution is 5.99. The smallest absolute Gasteiger partial charge is 0.406 e. The fourth-order valence-corrected chi connectivity index (χ4v) is 4.27. The maximum Gasteiger partial charge on any atom is 0.406 e. The van der Waals surface area contributed by atoms with Crippen molar-refractivity contribution in [3.63, 3.8) is 0 Å². The highest BCUT2D eigenvalue weighted by Gasteiger charge is 2.47. The van der Waals surface area contributed by atoms with Gasteiger partial charge in [-0.3, -0.25) is 14.4 Å². The molecule has 1 aromatic heterocycles. The van der Waals surface area contributed by atoms with E-state index in [9.17, 15) is 45.8 Å². The van der Waals surface area contributed by atoms with Gasteiger partial charge in [0, 0.05) is 37.0 Å². The summed E-state index contributed by atoms with van der Waals surface area (Å²) in [5, 5.41) is 12.5. The first-order valence-electron chi connectivity index (χ1n) is 10.2. The summed E-state index contributed by atoms with van der Waals surface area (Å²) in [7, 11) is 0. The van der Waals surface area contributed by atoms with Crippen molar-refractivity contribution >= 4 is 11.8 Å². The number of nitrogens with one attached hydrogen (secondary N) is 1. The van der Waals surface area contributed by atoms with Crippen molar-refractivity contribution < 1.29 is 45.8 Å². The van der Waals surface area contributed by atoms with Crippen molar-refractivity contribution in [3.05, 3.63) is 62.8 Å². The van der Waals surface area contributed by atoms with Crippen LogP contribution in [0.25, 0.3) is 0 Å². The Bertz CT molecular complexity index is 1240. The van der Waals surface area contributed by atoms with Crippen LogP contribution in [0.15, 0.2) is 23.1 Å². The van der Waals surface area contributed by atoms with Crippen LogP contribution in [0.1, 0.15) is 38.9 Å². The number of fused-ring (bicyclic) bond motifs is 3. The van der Waals surface area contributed by atoms with Gasteiger partial charge in [-0.2, -0.15) is 13.2 Å². The lowest BCUT2D eigenvalue weighted by Gasteiger charge is -2.45. The first-order valence-corrected chi connectivity index (χ1v) is 10.2. The van der Waals surface area contributed by atoms with Crippen LogP contribution >= 0.6 is 0 Å². The molecule has 0 spiro atoms. The number of hydrogen-bond donors (Lipinski definition) is 2. The maximum absolute atomic E-state index is 13.8. The van der Waals surface area contributed by atoms with Crippen LogP contribution in [-0.2, 0) is 11.3 Å². The van der Waals surface area contributed by atoms with Gasteiger partial charge in [0.05, 0.1) is 18.7 Å². The molecule has 1 saturated heterocycles. The number of nitrogens with zero attached hydrogens (tertiary/aromatic N) is 2. The Kier molecular flexibility index (Phi) is 6.25. The number of alkyl halides is 3. The van der Waals surface area contributed by atoms with Gasteiger partial charge in [0.1, 0.15) is 29.6 Å². The number of hydrogen-bond acceptors (Lipinski definition) is 5. The van der Waals surface area contributed by atoms with E-state index in [0.717, 1.165) is 10.8 Å². The lowest BCUT2D eigenvalue weighted by atomic mass is 9.95. The summed E-state index contributed by atoms with van der Waals surface area (Å²) in [5.74, 6) is -7.44. The van der Waals surface area contributed by atoms with Crippen molar-refractivity contribution in [2.45, 2.75) is 31.2 Å². The van der Waals surface area contributed by atoms with Crippen LogP contribution < -0.4 is 10.7 Å². The topological polar surface area (TPSA) is 101 Å². The summed E-state index contributed by atoms with van der Waals surface area (Å²) in [6.45, 7) is -2.51. The lowest BCUT2D eigenvalue weighted by Crippen LogP contribution is -2.57. The van der Waals surface area contributed by atoms with Gasteiger partial charge in [-0.05, 0) is 6.42 Å². The summed E-state index contributed by atoms with van der Waals surface area (Å²) in [5.41, 5.74) is -3.53. The van der Waals surface area contributed by atoms with E-state index in [4.69, 9.17) is 4.74 Å². The molecule has 2 aliphatic heterocycles. The number of aromatic hydroxyl groups is 1. The number of halogens is 6. The molecular weight excluding hydrogens is 488 g/mol. The standard InChI is InChI=1S/C21H17F6N3O5/c22-9-3-12(23)10(13(24)4-9)5-28-19(33)11-6-29-15-7-35-2-1-14(15)30(8-21(25,26)27)20(34)16(29)18(32)17(11)31/h3-4,6,14-15,32H,1-2,5,7-8H2,(H,28,33)/t14-,15?/m1/s1. The molecule has 0 saturated carbocycles. The largest absolute Gasteiger partial charge is 0.503 e. The van der Waals surface area contributed by atoms with Crippen LogP contribution in [-0.4, -0.2) is 58.4 Å². The summed E-state index contributed by atoms with van der Waals surface area (Å²) in [4.78, 5) is 38.6. The molecule has 14 heteroatoms. The zero-order valence-electron chi connectivity index (χ0n) is 17.7. The monoisotopic (exact) mass is 505 g/mol. The lowest BCUT2D eigenvalue weighted by molar-refractivity contribution is -0.152. The van der Waals surface area contributed by atoms with Gasteiger partial charge in [-0.1, -0.05) is 0 Å². The molecule has 2 N–H and O–H groups in total. The second kappa shape index (κ2) is 8.91. The molecule has 2 atom stereocenters. The summed E-state index contributed by atoms with van der Waals surface area (Å²) in [6.07, 6.45) is -3.83. The van der Waals surface area contributed by atoms with Gasteiger partial charge in [-0.15, -0.1) is 0 Å². The van der Waals surface area contributed by atoms with Crippen molar-refractivity contribution in [2.24, 2.45) is 0 Å². The van der Waals surface area contributed by atoms with Crippen molar-refractivity contribution in [3.8, 4) is 5.75 Å². The summed E-state index contributed by atoms with van der Waals surface area (Å²) in [6, 6.07) is -1.16. The third kappa shape index (κ3) is 4.57. The average molecular weight is 505 g/mol. The fraction of sp³-hybridized carbons (Fsp3) is 0.381. The van der Waals surface area contributed by atoms with Crippen LogP contribution in [0.3, 0.4) is 0 Å². The van der Waals surface area contributed by atoms with E-state index in [0.29, 0.717) is 17.0 Å². The number of pyridine rings is 1. The van der Waals surface area contributed by atoms with Gasteiger partial charge in [0.15, 0.2) is 11.4 Å². The minimum atomic E-state index is -4.75. The van der Waals surface area contributed by atoms with Crippen LogP contribution in [0.4, 0.5) is 26.3 Å². The molecule has 0 aliphatic carbocycles. The molecule has 2 aromatic rings. The van der Waals surface area contributed by atoms with Crippen molar-refractivity contribution in [1.82, 2.24) is 14.8 Å². The third-order valence-electron chi connectivity index (χ3n) is 5.85. The zero-order chi connectivity index (χ0) is 25.7. The summed E-state index contributed by atoms with van der Waals surface area (Å²) < 4.78 is 86.4. The van der Waals surface area contributed by atoms with E-state index in [1.54, 1.807) is 0 Å².